The SMILES string of the molecule is CCCN(CCC)S(=O)(=O)c1ccc(C(=O)Nc2sccc2-c2nc3ccccc3s2)cc1. The van der Waals surface area contributed by atoms with Gasteiger partial charge in [-0.05, 0) is 60.7 Å². The summed E-state index contributed by atoms with van der Waals surface area (Å²) in [4.78, 5) is 17.8. The van der Waals surface area contributed by atoms with Crippen molar-refractivity contribution in [3.8, 4) is 10.6 Å². The number of nitrogens with one attached hydrogen (secondary N) is 1. The van der Waals surface area contributed by atoms with Crippen molar-refractivity contribution in [2.75, 3.05) is 18.4 Å². The molecule has 4 aromatic rings. The Kier molecular flexibility index (Phi) is 7.23. The van der Waals surface area contributed by atoms with Gasteiger partial charge in [0.05, 0.1) is 15.1 Å². The largest absolute Gasteiger partial charge is 0.313 e. The van der Waals surface area contributed by atoms with Crippen LogP contribution in [0.5, 0.6) is 0 Å². The Labute approximate surface area is 202 Å². The number of hydrogen-bond acceptors (Lipinski definition) is 6. The number of hydrogen-bond donors (Lipinski definition) is 1. The Morgan fingerprint density at radius 2 is 1.70 bits per heavy atom. The molecule has 0 aliphatic rings. The Balaban J connectivity index is 1.53. The van der Waals surface area contributed by atoms with Crippen molar-refractivity contribution >= 4 is 53.8 Å². The number of anilines is 1. The van der Waals surface area contributed by atoms with Gasteiger partial charge in [-0.25, -0.2) is 13.4 Å². The Morgan fingerprint density at radius 3 is 2.36 bits per heavy atom. The van der Waals surface area contributed by atoms with Gasteiger partial charge in [-0.15, -0.1) is 22.7 Å². The predicted octanol–water partition coefficient (Wildman–Crippen LogP) is 6.09. The standard InChI is InChI=1S/C24H25N3O3S3/c1-3-14-27(15-4-2)33(29,30)18-11-9-17(10-12-18)22(28)26-23-19(13-16-31-23)24-25-20-7-5-6-8-21(20)32-24/h5-13,16H,3-4,14-15H2,1-2H3,(H,26,28). The minimum atomic E-state index is -3.58. The number of thiophene rings is 1. The van der Waals surface area contributed by atoms with E-state index in [0.717, 1.165) is 33.6 Å². The molecular weight excluding hydrogens is 474 g/mol. The number of carbonyl (C=O) groups is 1. The van der Waals surface area contributed by atoms with E-state index in [2.05, 4.69) is 10.3 Å². The van der Waals surface area contributed by atoms with E-state index in [-0.39, 0.29) is 10.8 Å². The number of para-hydroxylation sites is 1. The van der Waals surface area contributed by atoms with Gasteiger partial charge in [-0.2, -0.15) is 4.31 Å². The van der Waals surface area contributed by atoms with Crippen LogP contribution in [0.4, 0.5) is 5.00 Å². The summed E-state index contributed by atoms with van der Waals surface area (Å²) in [7, 11) is -3.58. The smallest absolute Gasteiger partial charge is 0.256 e. The van der Waals surface area contributed by atoms with E-state index in [4.69, 9.17) is 0 Å². The van der Waals surface area contributed by atoms with Crippen molar-refractivity contribution in [3.63, 3.8) is 0 Å². The number of sulfonamides is 1. The average Bonchev–Trinajstić information content (AvgIpc) is 3.45. The lowest BCUT2D eigenvalue weighted by molar-refractivity contribution is 0.102. The molecule has 9 heteroatoms. The lowest BCUT2D eigenvalue weighted by Gasteiger charge is -2.21. The highest BCUT2D eigenvalue weighted by Crippen LogP contribution is 2.37. The number of carbonyl (C=O) groups excluding carboxylic acids is 1. The van der Waals surface area contributed by atoms with Gasteiger partial charge >= 0.3 is 0 Å². The molecule has 4 rings (SSSR count). The first-order valence-corrected chi connectivity index (χ1v) is 13.9. The van der Waals surface area contributed by atoms with E-state index in [9.17, 15) is 13.2 Å². The van der Waals surface area contributed by atoms with Crippen LogP contribution < -0.4 is 5.32 Å². The van der Waals surface area contributed by atoms with Crippen LogP contribution >= 0.6 is 22.7 Å². The number of nitrogens with zero attached hydrogens (tertiary/aromatic N) is 2. The summed E-state index contributed by atoms with van der Waals surface area (Å²) in [5.74, 6) is -0.289. The fourth-order valence-corrected chi connectivity index (χ4v) is 6.98. The van der Waals surface area contributed by atoms with Gasteiger partial charge in [-0.1, -0.05) is 26.0 Å². The molecule has 0 spiro atoms. The maximum atomic E-state index is 12.9. The second kappa shape index (κ2) is 10.1. The second-order valence-corrected chi connectivity index (χ2v) is 11.4. The van der Waals surface area contributed by atoms with Gasteiger partial charge in [0.1, 0.15) is 10.0 Å². The van der Waals surface area contributed by atoms with E-state index in [1.54, 1.807) is 23.5 Å². The predicted molar refractivity (Wildman–Crippen MR) is 137 cm³/mol. The van der Waals surface area contributed by atoms with Crippen molar-refractivity contribution in [1.82, 2.24) is 9.29 Å². The third kappa shape index (κ3) is 5.01. The summed E-state index contributed by atoms with van der Waals surface area (Å²) in [5, 5.41) is 6.44. The molecule has 0 fully saturated rings. The van der Waals surface area contributed by atoms with Gasteiger partial charge in [0, 0.05) is 24.2 Å². The highest BCUT2D eigenvalue weighted by atomic mass is 32.2. The molecule has 0 radical (unpaired) electrons. The first-order chi connectivity index (χ1) is 15.9. The summed E-state index contributed by atoms with van der Waals surface area (Å²) < 4.78 is 28.5. The van der Waals surface area contributed by atoms with Gasteiger partial charge in [0.25, 0.3) is 5.91 Å². The van der Waals surface area contributed by atoms with Crippen molar-refractivity contribution in [2.24, 2.45) is 0 Å². The first kappa shape index (κ1) is 23.6. The molecule has 0 unspecified atom stereocenters. The molecule has 33 heavy (non-hydrogen) atoms. The Hall–Kier alpha value is -2.59. The summed E-state index contributed by atoms with van der Waals surface area (Å²) in [5.41, 5.74) is 2.21. The van der Waals surface area contributed by atoms with Crippen LogP contribution in [0, 0.1) is 0 Å². The first-order valence-electron chi connectivity index (χ1n) is 10.8. The molecular formula is C24H25N3O3S3. The lowest BCUT2D eigenvalue weighted by atomic mass is 10.2. The molecule has 0 saturated carbocycles. The van der Waals surface area contributed by atoms with Crippen molar-refractivity contribution in [1.29, 1.82) is 0 Å². The molecule has 1 N–H and O–H groups in total. The third-order valence-corrected chi connectivity index (χ3v) is 8.93. The number of thiazole rings is 1. The highest BCUT2D eigenvalue weighted by Gasteiger charge is 2.23. The van der Waals surface area contributed by atoms with E-state index in [1.807, 2.05) is 49.6 Å². The topological polar surface area (TPSA) is 79.4 Å². The maximum absolute atomic E-state index is 12.9. The number of benzene rings is 2. The molecule has 0 saturated heterocycles. The highest BCUT2D eigenvalue weighted by molar-refractivity contribution is 7.89. The van der Waals surface area contributed by atoms with Crippen LogP contribution in [-0.4, -0.2) is 36.7 Å². The van der Waals surface area contributed by atoms with Crippen LogP contribution in [-0.2, 0) is 10.0 Å². The minimum absolute atomic E-state index is 0.201. The summed E-state index contributed by atoms with van der Waals surface area (Å²) in [6, 6.07) is 16.0. The van der Waals surface area contributed by atoms with Crippen LogP contribution in [0.3, 0.4) is 0 Å². The zero-order valence-electron chi connectivity index (χ0n) is 18.4. The Morgan fingerprint density at radius 1 is 1.00 bits per heavy atom. The molecule has 0 atom stereocenters. The van der Waals surface area contributed by atoms with Gasteiger partial charge in [0.2, 0.25) is 10.0 Å². The van der Waals surface area contributed by atoms with E-state index >= 15 is 0 Å². The van der Waals surface area contributed by atoms with Crippen LogP contribution in [0.15, 0.2) is 64.9 Å². The van der Waals surface area contributed by atoms with Crippen molar-refractivity contribution < 1.29 is 13.2 Å². The molecule has 1 amide bonds. The minimum Gasteiger partial charge on any atom is -0.313 e. The lowest BCUT2D eigenvalue weighted by Crippen LogP contribution is -2.32. The van der Waals surface area contributed by atoms with E-state index in [1.165, 1.54) is 27.8 Å². The normalized spacial score (nSPS) is 11.8. The van der Waals surface area contributed by atoms with E-state index < -0.39 is 10.0 Å². The number of fused-ring (bicyclic) bond motifs is 1. The molecule has 2 heterocycles. The number of aromatic nitrogens is 1. The summed E-state index contributed by atoms with van der Waals surface area (Å²) in [6.45, 7) is 4.87. The van der Waals surface area contributed by atoms with Gasteiger partial charge in [0.15, 0.2) is 0 Å². The molecule has 2 aromatic heterocycles. The molecule has 0 aliphatic carbocycles. The number of amides is 1. The van der Waals surface area contributed by atoms with Crippen molar-refractivity contribution in [3.05, 3.63) is 65.5 Å². The molecule has 172 valence electrons. The zero-order valence-corrected chi connectivity index (χ0v) is 20.9. The Bertz CT molecular complexity index is 1320. The fourth-order valence-electron chi connectivity index (χ4n) is 3.52. The quantitative estimate of drug-likeness (QED) is 0.302. The zero-order chi connectivity index (χ0) is 23.4. The monoisotopic (exact) mass is 499 g/mol. The summed E-state index contributed by atoms with van der Waals surface area (Å²) in [6.07, 6.45) is 1.50. The average molecular weight is 500 g/mol. The molecule has 0 aliphatic heterocycles. The third-order valence-electron chi connectivity index (χ3n) is 5.12. The van der Waals surface area contributed by atoms with Crippen LogP contribution in [0.2, 0.25) is 0 Å². The molecule has 0 bridgehead atoms. The number of rotatable bonds is 9. The molecule has 2 aromatic carbocycles. The van der Waals surface area contributed by atoms with Crippen molar-refractivity contribution in [2.45, 2.75) is 31.6 Å². The second-order valence-electron chi connectivity index (χ2n) is 7.53. The maximum Gasteiger partial charge on any atom is 0.256 e. The van der Waals surface area contributed by atoms with Crippen LogP contribution in [0.1, 0.15) is 37.0 Å². The van der Waals surface area contributed by atoms with E-state index in [0.29, 0.717) is 23.7 Å². The fraction of sp³-hybridized carbons (Fsp3) is 0.250. The van der Waals surface area contributed by atoms with Crippen LogP contribution in [0.25, 0.3) is 20.8 Å². The van der Waals surface area contributed by atoms with Gasteiger partial charge < -0.3 is 5.32 Å². The summed E-state index contributed by atoms with van der Waals surface area (Å²) >= 11 is 3.01. The van der Waals surface area contributed by atoms with Gasteiger partial charge in [-0.3, -0.25) is 4.79 Å². The molecule has 6 nitrogen and oxygen atoms in total.